The molecule has 0 amide bonds. The summed E-state index contributed by atoms with van der Waals surface area (Å²) in [4.78, 5) is 0. The van der Waals surface area contributed by atoms with Crippen LogP contribution in [-0.4, -0.2) is 42.3 Å². The maximum absolute atomic E-state index is 12.5. The molecule has 0 aromatic rings. The van der Waals surface area contributed by atoms with Crippen molar-refractivity contribution in [1.29, 1.82) is 0 Å². The lowest BCUT2D eigenvalue weighted by Crippen LogP contribution is -2.42. The summed E-state index contributed by atoms with van der Waals surface area (Å²) in [6.07, 6.45) is 4.80. The smallest absolute Gasteiger partial charge is 0.214 e. The van der Waals surface area contributed by atoms with Crippen molar-refractivity contribution in [3.8, 4) is 0 Å². The zero-order valence-corrected chi connectivity index (χ0v) is 13.3. The highest BCUT2D eigenvalue weighted by Gasteiger charge is 2.31. The Balaban J connectivity index is 2.77. The summed E-state index contributed by atoms with van der Waals surface area (Å²) >= 11 is 0. The molecule has 2 atom stereocenters. The van der Waals surface area contributed by atoms with Crippen LogP contribution in [0.3, 0.4) is 0 Å². The first kappa shape index (κ1) is 16.9. The van der Waals surface area contributed by atoms with E-state index in [0.717, 1.165) is 25.7 Å². The van der Waals surface area contributed by atoms with E-state index in [0.29, 0.717) is 25.3 Å². The number of nitrogens with zero attached hydrogens (tertiary/aromatic N) is 1. The Labute approximate surface area is 118 Å². The highest BCUT2D eigenvalue weighted by molar-refractivity contribution is 7.89. The average molecular weight is 291 g/mol. The molecule has 0 bridgehead atoms. The first-order valence-electron chi connectivity index (χ1n) is 7.50. The van der Waals surface area contributed by atoms with Crippen LogP contribution in [0.2, 0.25) is 0 Å². The van der Waals surface area contributed by atoms with E-state index in [1.807, 2.05) is 13.8 Å². The fraction of sp³-hybridized carbons (Fsp3) is 1.00. The Morgan fingerprint density at radius 3 is 2.47 bits per heavy atom. The van der Waals surface area contributed by atoms with Crippen LogP contribution in [0.4, 0.5) is 0 Å². The van der Waals surface area contributed by atoms with Crippen molar-refractivity contribution in [3.05, 3.63) is 0 Å². The second-order valence-corrected chi connectivity index (χ2v) is 8.24. The van der Waals surface area contributed by atoms with Gasteiger partial charge in [-0.05, 0) is 38.5 Å². The molecule has 0 aromatic heterocycles. The molecule has 0 spiro atoms. The molecule has 2 unspecified atom stereocenters. The molecule has 1 aliphatic heterocycles. The minimum Gasteiger partial charge on any atom is -0.393 e. The number of sulfonamides is 1. The molecule has 4 nitrogen and oxygen atoms in total. The predicted octanol–water partition coefficient (Wildman–Crippen LogP) is 2.38. The molecule has 114 valence electrons. The number of hydrogen-bond donors (Lipinski definition) is 1. The van der Waals surface area contributed by atoms with Gasteiger partial charge in [0.15, 0.2) is 0 Å². The lowest BCUT2D eigenvalue weighted by Gasteiger charge is -2.30. The van der Waals surface area contributed by atoms with Gasteiger partial charge in [0.05, 0.1) is 11.9 Å². The van der Waals surface area contributed by atoms with Crippen LogP contribution in [0.15, 0.2) is 0 Å². The van der Waals surface area contributed by atoms with Gasteiger partial charge in [-0.1, -0.05) is 26.7 Å². The van der Waals surface area contributed by atoms with Crippen molar-refractivity contribution in [2.45, 2.75) is 71.4 Å². The summed E-state index contributed by atoms with van der Waals surface area (Å²) in [5.41, 5.74) is 0. The van der Waals surface area contributed by atoms with Crippen LogP contribution in [0.25, 0.3) is 0 Å². The van der Waals surface area contributed by atoms with E-state index in [1.54, 1.807) is 11.2 Å². The molecule has 0 aromatic carbocycles. The molecule has 5 heteroatoms. The molecule has 1 rings (SSSR count). The summed E-state index contributed by atoms with van der Waals surface area (Å²) in [5.74, 6) is 0.637. The SMILES string of the molecule is CC(C)CCS(=O)(=O)N1CCCCCC1CC(C)O. The van der Waals surface area contributed by atoms with Crippen LogP contribution >= 0.6 is 0 Å². The Bertz CT molecular complexity index is 352. The van der Waals surface area contributed by atoms with Gasteiger partial charge in [0.1, 0.15) is 0 Å². The maximum atomic E-state index is 12.5. The van der Waals surface area contributed by atoms with E-state index in [-0.39, 0.29) is 11.8 Å². The molecular weight excluding hydrogens is 262 g/mol. The Hall–Kier alpha value is -0.130. The largest absolute Gasteiger partial charge is 0.393 e. The highest BCUT2D eigenvalue weighted by atomic mass is 32.2. The normalized spacial score (nSPS) is 24.4. The summed E-state index contributed by atoms with van der Waals surface area (Å²) in [7, 11) is -3.17. The molecular formula is C14H29NO3S. The van der Waals surface area contributed by atoms with E-state index in [2.05, 4.69) is 0 Å². The van der Waals surface area contributed by atoms with E-state index < -0.39 is 16.1 Å². The highest BCUT2D eigenvalue weighted by Crippen LogP contribution is 2.24. The van der Waals surface area contributed by atoms with Crippen LogP contribution in [-0.2, 0) is 10.0 Å². The van der Waals surface area contributed by atoms with Crippen LogP contribution < -0.4 is 0 Å². The minimum atomic E-state index is -3.17. The number of rotatable bonds is 6. The van der Waals surface area contributed by atoms with Gasteiger partial charge in [-0.15, -0.1) is 0 Å². The fourth-order valence-electron chi connectivity index (χ4n) is 2.65. The zero-order chi connectivity index (χ0) is 14.5. The van der Waals surface area contributed by atoms with Crippen LogP contribution in [0, 0.1) is 5.92 Å². The summed E-state index contributed by atoms with van der Waals surface area (Å²) in [6, 6.07) is -0.0142. The van der Waals surface area contributed by atoms with E-state index in [1.165, 1.54) is 0 Å². The Morgan fingerprint density at radius 1 is 1.21 bits per heavy atom. The van der Waals surface area contributed by atoms with Gasteiger partial charge >= 0.3 is 0 Å². The maximum Gasteiger partial charge on any atom is 0.214 e. The van der Waals surface area contributed by atoms with Crippen molar-refractivity contribution in [2.75, 3.05) is 12.3 Å². The molecule has 1 fully saturated rings. The van der Waals surface area contributed by atoms with Gasteiger partial charge in [-0.3, -0.25) is 0 Å². The van der Waals surface area contributed by atoms with Crippen LogP contribution in [0.5, 0.6) is 0 Å². The van der Waals surface area contributed by atoms with E-state index in [9.17, 15) is 13.5 Å². The van der Waals surface area contributed by atoms with Crippen LogP contribution in [0.1, 0.15) is 59.3 Å². The molecule has 19 heavy (non-hydrogen) atoms. The number of aliphatic hydroxyl groups is 1. The predicted molar refractivity (Wildman–Crippen MR) is 78.5 cm³/mol. The van der Waals surface area contributed by atoms with Crippen molar-refractivity contribution in [1.82, 2.24) is 4.31 Å². The second kappa shape index (κ2) is 7.60. The molecule has 0 radical (unpaired) electrons. The fourth-order valence-corrected chi connectivity index (χ4v) is 4.70. The van der Waals surface area contributed by atoms with Gasteiger partial charge in [0, 0.05) is 12.6 Å². The summed E-state index contributed by atoms with van der Waals surface area (Å²) in [5, 5.41) is 9.58. The lowest BCUT2D eigenvalue weighted by atomic mass is 10.1. The molecule has 1 aliphatic rings. The lowest BCUT2D eigenvalue weighted by molar-refractivity contribution is 0.147. The van der Waals surface area contributed by atoms with Crippen molar-refractivity contribution in [2.24, 2.45) is 5.92 Å². The molecule has 1 heterocycles. The van der Waals surface area contributed by atoms with Gasteiger partial charge in [0.25, 0.3) is 0 Å². The van der Waals surface area contributed by atoms with Gasteiger partial charge in [-0.25, -0.2) is 8.42 Å². The Morgan fingerprint density at radius 2 is 1.89 bits per heavy atom. The van der Waals surface area contributed by atoms with Gasteiger partial charge in [0.2, 0.25) is 10.0 Å². The first-order chi connectivity index (χ1) is 8.83. The first-order valence-corrected chi connectivity index (χ1v) is 9.11. The molecule has 0 saturated carbocycles. The van der Waals surface area contributed by atoms with E-state index in [4.69, 9.17) is 0 Å². The third-order valence-electron chi connectivity index (χ3n) is 3.75. The average Bonchev–Trinajstić information content (AvgIpc) is 2.51. The van der Waals surface area contributed by atoms with Gasteiger partial charge < -0.3 is 5.11 Å². The number of aliphatic hydroxyl groups excluding tert-OH is 1. The molecule has 0 aliphatic carbocycles. The third-order valence-corrected chi connectivity index (χ3v) is 5.69. The molecule has 1 N–H and O–H groups in total. The monoisotopic (exact) mass is 291 g/mol. The second-order valence-electron chi connectivity index (χ2n) is 6.20. The third kappa shape index (κ3) is 5.79. The quantitative estimate of drug-likeness (QED) is 0.817. The van der Waals surface area contributed by atoms with Gasteiger partial charge in [-0.2, -0.15) is 4.31 Å². The molecule has 1 saturated heterocycles. The summed E-state index contributed by atoms with van der Waals surface area (Å²) in [6.45, 7) is 6.46. The number of hydrogen-bond acceptors (Lipinski definition) is 3. The van der Waals surface area contributed by atoms with E-state index >= 15 is 0 Å². The summed E-state index contributed by atoms with van der Waals surface area (Å²) < 4.78 is 26.6. The van der Waals surface area contributed by atoms with Crippen molar-refractivity contribution in [3.63, 3.8) is 0 Å². The van der Waals surface area contributed by atoms with Crippen molar-refractivity contribution >= 4 is 10.0 Å². The Kier molecular flexibility index (Phi) is 6.77. The van der Waals surface area contributed by atoms with Crippen molar-refractivity contribution < 1.29 is 13.5 Å². The zero-order valence-electron chi connectivity index (χ0n) is 12.5. The minimum absolute atomic E-state index is 0.0142. The standard InChI is InChI=1S/C14H29NO3S/c1-12(2)8-10-19(17,18)15-9-6-4-5-7-14(15)11-13(3)16/h12-14,16H,4-11H2,1-3H3. The topological polar surface area (TPSA) is 57.6 Å².